The Morgan fingerprint density at radius 1 is 1.08 bits per heavy atom. The van der Waals surface area contributed by atoms with Crippen molar-refractivity contribution < 1.29 is 9.47 Å². The van der Waals surface area contributed by atoms with Crippen molar-refractivity contribution in [3.63, 3.8) is 0 Å². The Morgan fingerprint density at radius 2 is 1.88 bits per heavy atom. The highest BCUT2D eigenvalue weighted by atomic mass is 16.5. The molecule has 1 unspecified atom stereocenters. The number of ether oxygens (including phenoxy) is 2. The van der Waals surface area contributed by atoms with Crippen molar-refractivity contribution in [2.24, 2.45) is 0 Å². The fraction of sp³-hybridized carbons (Fsp3) is 0.333. The average Bonchev–Trinajstić information content (AvgIpc) is 3.11. The average molecular weight is 324 g/mol. The maximum absolute atomic E-state index is 6.20. The van der Waals surface area contributed by atoms with E-state index in [2.05, 4.69) is 14.9 Å². The van der Waals surface area contributed by atoms with Crippen LogP contribution in [0.3, 0.4) is 0 Å². The summed E-state index contributed by atoms with van der Waals surface area (Å²) in [6.07, 6.45) is 9.65. The minimum Gasteiger partial charge on any atom is -0.493 e. The van der Waals surface area contributed by atoms with Crippen LogP contribution in [0.4, 0.5) is 5.82 Å². The topological polar surface area (TPSA) is 51.9 Å². The van der Waals surface area contributed by atoms with Crippen molar-refractivity contribution in [1.29, 1.82) is 0 Å². The number of para-hydroxylation sites is 2. The largest absolute Gasteiger partial charge is 0.493 e. The van der Waals surface area contributed by atoms with Crippen LogP contribution in [0.15, 0.2) is 49.1 Å². The zero-order chi connectivity index (χ0) is 16.4. The zero-order valence-corrected chi connectivity index (χ0v) is 13.6. The van der Waals surface area contributed by atoms with Crippen molar-refractivity contribution in [3.8, 4) is 11.5 Å². The summed E-state index contributed by atoms with van der Waals surface area (Å²) in [6.45, 7) is 1.75. The van der Waals surface area contributed by atoms with Crippen molar-refractivity contribution in [2.75, 3.05) is 25.1 Å². The zero-order valence-electron chi connectivity index (χ0n) is 13.6. The molecule has 3 aromatic rings. The normalized spacial score (nSPS) is 17.9. The number of nitrogens with zero attached hydrogens (tertiary/aromatic N) is 4. The van der Waals surface area contributed by atoms with Crippen LogP contribution in [-0.4, -0.2) is 40.7 Å². The van der Waals surface area contributed by atoms with Crippen LogP contribution >= 0.6 is 0 Å². The summed E-state index contributed by atoms with van der Waals surface area (Å²) in [5, 5.41) is 0. The number of aromatic nitrogens is 3. The lowest BCUT2D eigenvalue weighted by Crippen LogP contribution is -2.41. The molecular formula is C18H20N4O2. The first-order chi connectivity index (χ1) is 11.8. The highest BCUT2D eigenvalue weighted by Crippen LogP contribution is 2.29. The molecule has 2 aromatic heterocycles. The van der Waals surface area contributed by atoms with Crippen LogP contribution in [0.1, 0.15) is 12.8 Å². The van der Waals surface area contributed by atoms with Crippen LogP contribution in [0.5, 0.6) is 11.5 Å². The van der Waals surface area contributed by atoms with Crippen LogP contribution in [0.2, 0.25) is 0 Å². The predicted molar refractivity (Wildman–Crippen MR) is 91.8 cm³/mol. The van der Waals surface area contributed by atoms with Crippen LogP contribution < -0.4 is 14.4 Å². The molecule has 1 saturated heterocycles. The Kier molecular flexibility index (Phi) is 3.94. The molecule has 1 aliphatic rings. The number of methoxy groups -OCH3 is 1. The smallest absolute Gasteiger partial charge is 0.180 e. The molecule has 3 heterocycles. The Morgan fingerprint density at radius 3 is 2.71 bits per heavy atom. The molecule has 24 heavy (non-hydrogen) atoms. The van der Waals surface area contributed by atoms with Crippen molar-refractivity contribution in [1.82, 2.24) is 14.4 Å². The van der Waals surface area contributed by atoms with E-state index in [4.69, 9.17) is 9.47 Å². The number of fused-ring (bicyclic) bond motifs is 1. The van der Waals surface area contributed by atoms with Gasteiger partial charge in [-0.15, -0.1) is 0 Å². The highest BCUT2D eigenvalue weighted by Gasteiger charge is 2.24. The third kappa shape index (κ3) is 2.75. The Labute approximate surface area is 140 Å². The minimum absolute atomic E-state index is 0.104. The van der Waals surface area contributed by atoms with Crippen LogP contribution in [-0.2, 0) is 0 Å². The maximum atomic E-state index is 6.20. The Bertz CT molecular complexity index is 833. The van der Waals surface area contributed by atoms with E-state index in [9.17, 15) is 0 Å². The van der Waals surface area contributed by atoms with Crippen LogP contribution in [0.25, 0.3) is 5.65 Å². The second-order valence-corrected chi connectivity index (χ2v) is 5.89. The molecule has 1 fully saturated rings. The van der Waals surface area contributed by atoms with E-state index in [0.717, 1.165) is 48.9 Å². The van der Waals surface area contributed by atoms with Gasteiger partial charge in [0.25, 0.3) is 0 Å². The van der Waals surface area contributed by atoms with E-state index in [-0.39, 0.29) is 6.10 Å². The Balaban J connectivity index is 1.55. The SMILES string of the molecule is COc1ccccc1OC1CCCN(c2nccn3ccnc23)C1. The van der Waals surface area contributed by atoms with Crippen molar-refractivity contribution in [2.45, 2.75) is 18.9 Å². The van der Waals surface area contributed by atoms with Gasteiger partial charge in [0.1, 0.15) is 6.10 Å². The third-order valence-corrected chi connectivity index (χ3v) is 4.33. The van der Waals surface area contributed by atoms with Gasteiger partial charge in [0, 0.05) is 31.3 Å². The molecule has 0 amide bonds. The third-order valence-electron chi connectivity index (χ3n) is 4.33. The summed E-state index contributed by atoms with van der Waals surface area (Å²) >= 11 is 0. The summed E-state index contributed by atoms with van der Waals surface area (Å²) in [5.41, 5.74) is 0.885. The summed E-state index contributed by atoms with van der Waals surface area (Å²) in [6, 6.07) is 7.78. The molecule has 4 rings (SSSR count). The van der Waals surface area contributed by atoms with Gasteiger partial charge in [-0.05, 0) is 25.0 Å². The fourth-order valence-corrected chi connectivity index (χ4v) is 3.19. The van der Waals surface area contributed by atoms with Gasteiger partial charge in [-0.1, -0.05) is 12.1 Å². The number of hydrogen-bond donors (Lipinski definition) is 0. The van der Waals surface area contributed by atoms with E-state index in [0.29, 0.717) is 0 Å². The molecule has 124 valence electrons. The van der Waals surface area contributed by atoms with E-state index in [1.165, 1.54) is 0 Å². The molecule has 1 aliphatic heterocycles. The molecule has 0 aliphatic carbocycles. The van der Waals surface area contributed by atoms with Crippen LogP contribution in [0, 0.1) is 0 Å². The predicted octanol–water partition coefficient (Wildman–Crippen LogP) is 2.79. The van der Waals surface area contributed by atoms with Gasteiger partial charge in [0.15, 0.2) is 23.0 Å². The van der Waals surface area contributed by atoms with E-state index >= 15 is 0 Å². The molecule has 0 bridgehead atoms. The molecule has 1 aromatic carbocycles. The number of benzene rings is 1. The first-order valence-electron chi connectivity index (χ1n) is 8.17. The summed E-state index contributed by atoms with van der Waals surface area (Å²) < 4.78 is 13.6. The van der Waals surface area contributed by atoms with Gasteiger partial charge < -0.3 is 18.8 Å². The minimum atomic E-state index is 0.104. The lowest BCUT2D eigenvalue weighted by atomic mass is 10.1. The van der Waals surface area contributed by atoms with Gasteiger partial charge in [-0.25, -0.2) is 9.97 Å². The number of anilines is 1. The molecular weight excluding hydrogens is 304 g/mol. The second kappa shape index (κ2) is 6.39. The molecule has 1 atom stereocenters. The monoisotopic (exact) mass is 324 g/mol. The van der Waals surface area contributed by atoms with E-state index in [1.54, 1.807) is 13.3 Å². The molecule has 0 radical (unpaired) electrons. The van der Waals surface area contributed by atoms with Gasteiger partial charge in [-0.3, -0.25) is 0 Å². The summed E-state index contributed by atoms with van der Waals surface area (Å²) in [4.78, 5) is 11.2. The van der Waals surface area contributed by atoms with Crippen molar-refractivity contribution >= 4 is 11.5 Å². The van der Waals surface area contributed by atoms with E-state index < -0.39 is 0 Å². The number of imidazole rings is 1. The Hall–Kier alpha value is -2.76. The van der Waals surface area contributed by atoms with Gasteiger partial charge in [-0.2, -0.15) is 0 Å². The summed E-state index contributed by atoms with van der Waals surface area (Å²) in [5.74, 6) is 2.47. The van der Waals surface area contributed by atoms with Gasteiger partial charge in [0.05, 0.1) is 13.7 Å². The molecule has 6 nitrogen and oxygen atoms in total. The molecule has 0 N–H and O–H groups in total. The molecule has 6 heteroatoms. The quantitative estimate of drug-likeness (QED) is 0.738. The highest BCUT2D eigenvalue weighted by molar-refractivity contribution is 5.64. The number of piperidine rings is 1. The molecule has 0 spiro atoms. The lowest BCUT2D eigenvalue weighted by Gasteiger charge is -2.33. The number of rotatable bonds is 4. The molecule has 0 saturated carbocycles. The second-order valence-electron chi connectivity index (χ2n) is 5.89. The van der Waals surface area contributed by atoms with Gasteiger partial charge >= 0.3 is 0 Å². The maximum Gasteiger partial charge on any atom is 0.180 e. The first kappa shape index (κ1) is 14.8. The van der Waals surface area contributed by atoms with E-state index in [1.807, 2.05) is 47.3 Å². The number of hydrogen-bond acceptors (Lipinski definition) is 5. The van der Waals surface area contributed by atoms with Crippen molar-refractivity contribution in [3.05, 3.63) is 49.1 Å². The lowest BCUT2D eigenvalue weighted by molar-refractivity contribution is 0.172. The summed E-state index contributed by atoms with van der Waals surface area (Å²) in [7, 11) is 1.66. The standard InChI is InChI=1S/C18H20N4O2/c1-23-15-6-2-3-7-16(15)24-14-5-4-10-22(13-14)18-17-19-8-11-21(17)12-9-20-18/h2-3,6-9,11-12,14H,4-5,10,13H2,1H3. The first-order valence-corrected chi connectivity index (χ1v) is 8.17. The fourth-order valence-electron chi connectivity index (χ4n) is 3.19. The van der Waals surface area contributed by atoms with Gasteiger partial charge in [0.2, 0.25) is 0 Å².